The summed E-state index contributed by atoms with van der Waals surface area (Å²) >= 11 is 0. The zero-order valence-electron chi connectivity index (χ0n) is 10.5. The lowest BCUT2D eigenvalue weighted by Gasteiger charge is -2.28. The van der Waals surface area contributed by atoms with Gasteiger partial charge in [-0.2, -0.15) is 4.98 Å². The molecular formula is C12H19N3O2. The number of piperidine rings is 1. The van der Waals surface area contributed by atoms with Crippen LogP contribution in [0.15, 0.2) is 4.52 Å². The molecule has 0 amide bonds. The average molecular weight is 237 g/mol. The Morgan fingerprint density at radius 1 is 1.59 bits per heavy atom. The molecule has 0 N–H and O–H groups in total. The van der Waals surface area contributed by atoms with E-state index in [-0.39, 0.29) is 12.2 Å². The summed E-state index contributed by atoms with van der Waals surface area (Å²) in [4.78, 5) is 17.5. The smallest absolute Gasteiger partial charge is 0.234 e. The molecule has 1 aliphatic heterocycles. The molecule has 0 radical (unpaired) electrons. The van der Waals surface area contributed by atoms with E-state index in [9.17, 15) is 4.79 Å². The number of carbonyl (C=O) groups excluding carboxylic acids is 1. The minimum atomic E-state index is 0.0533. The Balaban J connectivity index is 1.89. The van der Waals surface area contributed by atoms with Gasteiger partial charge in [0.25, 0.3) is 0 Å². The van der Waals surface area contributed by atoms with Crippen molar-refractivity contribution in [1.29, 1.82) is 0 Å². The first-order valence-electron chi connectivity index (χ1n) is 6.13. The Hall–Kier alpha value is -1.23. The predicted octanol–water partition coefficient (Wildman–Crippen LogP) is 1.09. The van der Waals surface area contributed by atoms with E-state index in [1.54, 1.807) is 0 Å². The fraction of sp³-hybridized carbons (Fsp3) is 0.750. The van der Waals surface area contributed by atoms with Gasteiger partial charge in [0.15, 0.2) is 5.82 Å². The molecule has 2 heterocycles. The number of aromatic nitrogens is 2. The summed E-state index contributed by atoms with van der Waals surface area (Å²) in [5, 5.41) is 3.93. The lowest BCUT2D eigenvalue weighted by atomic mass is 9.95. The molecule has 1 aromatic heterocycles. The number of nitrogens with zero attached hydrogens (tertiary/aromatic N) is 3. The molecule has 5 nitrogen and oxygen atoms in total. The Bertz CT molecular complexity index is 389. The number of carbonyl (C=O) groups is 1. The Labute approximate surface area is 101 Å². The first-order valence-corrected chi connectivity index (χ1v) is 6.13. The fourth-order valence-electron chi connectivity index (χ4n) is 2.36. The normalized spacial score (nSPS) is 21.6. The first-order chi connectivity index (χ1) is 8.13. The lowest BCUT2D eigenvalue weighted by molar-refractivity contribution is -0.116. The molecule has 94 valence electrons. The maximum Gasteiger partial charge on any atom is 0.234 e. The van der Waals surface area contributed by atoms with Crippen molar-refractivity contribution in [3.8, 4) is 0 Å². The van der Waals surface area contributed by atoms with Gasteiger partial charge in [0.2, 0.25) is 5.89 Å². The summed E-state index contributed by atoms with van der Waals surface area (Å²) < 4.78 is 5.05. The van der Waals surface area contributed by atoms with Crippen molar-refractivity contribution in [1.82, 2.24) is 15.0 Å². The summed E-state index contributed by atoms with van der Waals surface area (Å²) in [6, 6.07) is 0. The van der Waals surface area contributed by atoms with Crippen molar-refractivity contribution >= 4 is 5.78 Å². The maximum atomic E-state index is 10.9. The lowest BCUT2D eigenvalue weighted by Crippen LogP contribution is -2.33. The predicted molar refractivity (Wildman–Crippen MR) is 62.6 cm³/mol. The van der Waals surface area contributed by atoms with Gasteiger partial charge in [-0.15, -0.1) is 0 Å². The van der Waals surface area contributed by atoms with Crippen LogP contribution in [0.2, 0.25) is 0 Å². The minimum absolute atomic E-state index is 0.0533. The van der Waals surface area contributed by atoms with Crippen molar-refractivity contribution in [3.63, 3.8) is 0 Å². The van der Waals surface area contributed by atoms with E-state index in [1.807, 2.05) is 0 Å². The van der Waals surface area contributed by atoms with Crippen LogP contribution < -0.4 is 0 Å². The highest BCUT2D eigenvalue weighted by molar-refractivity contribution is 5.77. The molecule has 0 spiro atoms. The van der Waals surface area contributed by atoms with Crippen LogP contribution in [0.1, 0.15) is 31.5 Å². The van der Waals surface area contributed by atoms with E-state index in [0.29, 0.717) is 11.8 Å². The van der Waals surface area contributed by atoms with Gasteiger partial charge < -0.3 is 9.42 Å². The van der Waals surface area contributed by atoms with Crippen LogP contribution in [-0.2, 0) is 17.6 Å². The highest BCUT2D eigenvalue weighted by Gasteiger charge is 2.20. The van der Waals surface area contributed by atoms with Crippen molar-refractivity contribution < 1.29 is 9.32 Å². The highest BCUT2D eigenvalue weighted by Crippen LogP contribution is 2.18. The zero-order chi connectivity index (χ0) is 12.3. The van der Waals surface area contributed by atoms with Gasteiger partial charge in [-0.25, -0.2) is 0 Å². The average Bonchev–Trinajstić information content (AvgIpc) is 2.64. The van der Waals surface area contributed by atoms with Crippen LogP contribution in [0.4, 0.5) is 0 Å². The van der Waals surface area contributed by atoms with Gasteiger partial charge in [-0.05, 0) is 39.3 Å². The Kier molecular flexibility index (Phi) is 3.89. The molecule has 1 aromatic rings. The van der Waals surface area contributed by atoms with E-state index < -0.39 is 0 Å². The van der Waals surface area contributed by atoms with E-state index >= 15 is 0 Å². The molecular weight excluding hydrogens is 218 g/mol. The summed E-state index contributed by atoms with van der Waals surface area (Å²) in [5.41, 5.74) is 0. The second-order valence-electron chi connectivity index (χ2n) is 4.96. The topological polar surface area (TPSA) is 59.2 Å². The minimum Gasteiger partial charge on any atom is -0.339 e. The molecule has 17 heavy (non-hydrogen) atoms. The number of hydrogen-bond acceptors (Lipinski definition) is 5. The molecule has 1 fully saturated rings. The maximum absolute atomic E-state index is 10.9. The summed E-state index contributed by atoms with van der Waals surface area (Å²) in [6.45, 7) is 3.80. The molecule has 1 saturated heterocycles. The molecule has 2 rings (SSSR count). The third-order valence-corrected chi connectivity index (χ3v) is 3.10. The molecule has 1 atom stereocenters. The first kappa shape index (κ1) is 12.2. The van der Waals surface area contributed by atoms with Crippen molar-refractivity contribution in [2.75, 3.05) is 20.1 Å². The molecule has 1 unspecified atom stereocenters. The standard InChI is InChI=1S/C12H19N3O2/c1-9(16)6-12-13-11(14-17-12)7-10-4-3-5-15(2)8-10/h10H,3-8H2,1-2H3. The van der Waals surface area contributed by atoms with Crippen molar-refractivity contribution in [3.05, 3.63) is 11.7 Å². The van der Waals surface area contributed by atoms with E-state index in [1.165, 1.54) is 26.3 Å². The molecule has 0 aromatic carbocycles. The molecule has 0 bridgehead atoms. The quantitative estimate of drug-likeness (QED) is 0.784. The van der Waals surface area contributed by atoms with Crippen LogP contribution in [-0.4, -0.2) is 41.0 Å². The second kappa shape index (κ2) is 5.40. The van der Waals surface area contributed by atoms with Gasteiger partial charge in [-0.1, -0.05) is 5.16 Å². The third kappa shape index (κ3) is 3.63. The number of rotatable bonds is 4. The van der Waals surface area contributed by atoms with Gasteiger partial charge in [0.1, 0.15) is 5.78 Å². The van der Waals surface area contributed by atoms with Crippen LogP contribution in [0.25, 0.3) is 0 Å². The number of likely N-dealkylation sites (tertiary alicyclic amines) is 1. The largest absolute Gasteiger partial charge is 0.339 e. The van der Waals surface area contributed by atoms with Crippen LogP contribution in [0, 0.1) is 5.92 Å². The van der Waals surface area contributed by atoms with Gasteiger partial charge in [0.05, 0.1) is 6.42 Å². The summed E-state index contributed by atoms with van der Waals surface area (Å²) in [5.74, 6) is 1.84. The Morgan fingerprint density at radius 3 is 3.12 bits per heavy atom. The highest BCUT2D eigenvalue weighted by atomic mass is 16.5. The second-order valence-corrected chi connectivity index (χ2v) is 4.96. The van der Waals surface area contributed by atoms with Gasteiger partial charge >= 0.3 is 0 Å². The van der Waals surface area contributed by atoms with E-state index in [2.05, 4.69) is 22.1 Å². The molecule has 5 heteroatoms. The van der Waals surface area contributed by atoms with E-state index in [4.69, 9.17) is 4.52 Å². The number of hydrogen-bond donors (Lipinski definition) is 0. The summed E-state index contributed by atoms with van der Waals surface area (Å²) in [6.07, 6.45) is 3.56. The molecule has 0 saturated carbocycles. The van der Waals surface area contributed by atoms with Gasteiger partial charge in [-0.3, -0.25) is 4.79 Å². The number of ketones is 1. The molecule has 1 aliphatic rings. The third-order valence-electron chi connectivity index (χ3n) is 3.10. The van der Waals surface area contributed by atoms with Crippen molar-refractivity contribution in [2.24, 2.45) is 5.92 Å². The zero-order valence-corrected chi connectivity index (χ0v) is 10.5. The molecule has 0 aliphatic carbocycles. The van der Waals surface area contributed by atoms with E-state index in [0.717, 1.165) is 18.8 Å². The monoisotopic (exact) mass is 237 g/mol. The number of Topliss-reactive ketones (excluding diaryl/α,β-unsaturated/α-hetero) is 1. The SMILES string of the molecule is CC(=O)Cc1nc(CC2CCCN(C)C2)no1. The van der Waals surface area contributed by atoms with Crippen molar-refractivity contribution in [2.45, 2.75) is 32.6 Å². The van der Waals surface area contributed by atoms with Crippen LogP contribution >= 0.6 is 0 Å². The summed E-state index contributed by atoms with van der Waals surface area (Å²) in [7, 11) is 2.14. The van der Waals surface area contributed by atoms with Crippen LogP contribution in [0.5, 0.6) is 0 Å². The fourth-order valence-corrected chi connectivity index (χ4v) is 2.36. The Morgan fingerprint density at radius 2 is 2.41 bits per heavy atom. The van der Waals surface area contributed by atoms with Gasteiger partial charge in [0, 0.05) is 13.0 Å². The van der Waals surface area contributed by atoms with Crippen LogP contribution in [0.3, 0.4) is 0 Å².